The Morgan fingerprint density at radius 3 is 2.58 bits per heavy atom. The third kappa shape index (κ3) is 3.82. The zero-order valence-electron chi connectivity index (χ0n) is 14.4. The van der Waals surface area contributed by atoms with E-state index < -0.39 is 10.7 Å². The summed E-state index contributed by atoms with van der Waals surface area (Å²) in [7, 11) is 0. The minimum atomic E-state index is -0.499. The second-order valence-electron chi connectivity index (χ2n) is 6.44. The quantitative estimate of drug-likeness (QED) is 0.672. The van der Waals surface area contributed by atoms with E-state index in [1.807, 2.05) is 25.1 Å². The number of halogens is 1. The molecule has 0 unspecified atom stereocenters. The van der Waals surface area contributed by atoms with Crippen LogP contribution in [0.5, 0.6) is 0 Å². The van der Waals surface area contributed by atoms with Crippen molar-refractivity contribution in [2.45, 2.75) is 25.8 Å². The largest absolute Gasteiger partial charge is 0.366 e. The molecule has 0 aromatic heterocycles. The van der Waals surface area contributed by atoms with Crippen LogP contribution in [0.1, 0.15) is 28.8 Å². The number of nitrogens with one attached hydrogen (secondary N) is 1. The molecule has 1 aliphatic rings. The summed E-state index contributed by atoms with van der Waals surface area (Å²) >= 11 is 0. The van der Waals surface area contributed by atoms with Crippen LogP contribution in [0.4, 0.5) is 15.8 Å². The molecule has 0 atom stereocenters. The number of carbonyl (C=O) groups excluding carboxylic acids is 1. The van der Waals surface area contributed by atoms with Crippen molar-refractivity contribution in [2.24, 2.45) is 0 Å². The lowest BCUT2D eigenvalue weighted by Gasteiger charge is -2.33. The first kappa shape index (κ1) is 17.8. The Kier molecular flexibility index (Phi) is 5.16. The number of hydrogen-bond acceptors (Lipinski definition) is 4. The monoisotopic (exact) mass is 357 g/mol. The first-order valence-electron chi connectivity index (χ1n) is 8.51. The predicted molar refractivity (Wildman–Crippen MR) is 96.9 cm³/mol. The molecule has 2 aromatic carbocycles. The van der Waals surface area contributed by atoms with Crippen molar-refractivity contribution in [3.05, 3.63) is 69.5 Å². The highest BCUT2D eigenvalue weighted by molar-refractivity contribution is 5.95. The van der Waals surface area contributed by atoms with Crippen molar-refractivity contribution in [3.63, 3.8) is 0 Å². The summed E-state index contributed by atoms with van der Waals surface area (Å²) in [5, 5.41) is 14.2. The van der Waals surface area contributed by atoms with Crippen LogP contribution in [-0.4, -0.2) is 30.0 Å². The lowest BCUT2D eigenvalue weighted by molar-refractivity contribution is -0.384. The summed E-state index contributed by atoms with van der Waals surface area (Å²) in [6, 6.07) is 10.9. The van der Waals surface area contributed by atoms with Gasteiger partial charge in [0.25, 0.3) is 11.6 Å². The van der Waals surface area contributed by atoms with Crippen molar-refractivity contribution >= 4 is 17.3 Å². The highest BCUT2D eigenvalue weighted by atomic mass is 19.1. The van der Waals surface area contributed by atoms with Crippen LogP contribution in [0.3, 0.4) is 0 Å². The molecule has 7 heteroatoms. The number of hydrogen-bond donors (Lipinski definition) is 1. The molecule has 6 nitrogen and oxygen atoms in total. The van der Waals surface area contributed by atoms with E-state index in [-0.39, 0.29) is 17.6 Å². The number of amides is 1. The lowest BCUT2D eigenvalue weighted by atomic mass is 10.0. The number of nitrogens with zero attached hydrogens (tertiary/aromatic N) is 2. The molecule has 1 amide bonds. The second-order valence-corrected chi connectivity index (χ2v) is 6.44. The third-order valence-corrected chi connectivity index (χ3v) is 4.69. The van der Waals surface area contributed by atoms with Crippen LogP contribution in [0.15, 0.2) is 42.5 Å². The highest BCUT2D eigenvalue weighted by Crippen LogP contribution is 2.31. The summed E-state index contributed by atoms with van der Waals surface area (Å²) in [6.45, 7) is 2.92. The minimum absolute atomic E-state index is 0.00836. The topological polar surface area (TPSA) is 75.5 Å². The van der Waals surface area contributed by atoms with Crippen molar-refractivity contribution in [3.8, 4) is 0 Å². The summed E-state index contributed by atoms with van der Waals surface area (Å²) < 4.78 is 13.5. The van der Waals surface area contributed by atoms with Gasteiger partial charge < -0.3 is 10.2 Å². The maximum absolute atomic E-state index is 13.5. The molecule has 0 radical (unpaired) electrons. The van der Waals surface area contributed by atoms with E-state index >= 15 is 0 Å². The van der Waals surface area contributed by atoms with Crippen LogP contribution < -0.4 is 10.2 Å². The first-order chi connectivity index (χ1) is 12.5. The molecular formula is C19H20FN3O3. The molecule has 26 heavy (non-hydrogen) atoms. The Labute approximate surface area is 150 Å². The number of aryl methyl sites for hydroxylation is 1. The number of nitro benzene ring substituents is 1. The fourth-order valence-electron chi connectivity index (χ4n) is 3.26. The molecular weight excluding hydrogens is 337 g/mol. The molecule has 0 saturated carbocycles. The maximum atomic E-state index is 13.5. The Bertz CT molecular complexity index is 833. The molecule has 0 aliphatic carbocycles. The number of rotatable bonds is 4. The molecule has 1 fully saturated rings. The minimum Gasteiger partial charge on any atom is -0.366 e. The van der Waals surface area contributed by atoms with E-state index in [1.54, 1.807) is 11.0 Å². The molecule has 136 valence electrons. The van der Waals surface area contributed by atoms with E-state index in [2.05, 4.69) is 5.32 Å². The molecule has 1 saturated heterocycles. The second kappa shape index (κ2) is 7.51. The standard InChI is InChI=1S/C19H20FN3O3/c1-13-4-2-3-5-16(13)19(24)21-15-8-10-22(11-9-15)18-12-14(20)6-7-17(18)23(25)26/h2-7,12,15H,8-11H2,1H3,(H,21,24). The Balaban J connectivity index is 1.65. The van der Waals surface area contributed by atoms with Gasteiger partial charge in [-0.15, -0.1) is 0 Å². The molecule has 1 aliphatic heterocycles. The van der Waals surface area contributed by atoms with Gasteiger partial charge >= 0.3 is 0 Å². The number of piperidine rings is 1. The summed E-state index contributed by atoms with van der Waals surface area (Å²) in [6.07, 6.45) is 1.29. The summed E-state index contributed by atoms with van der Waals surface area (Å²) in [5.41, 5.74) is 1.75. The number of carbonyl (C=O) groups is 1. The Morgan fingerprint density at radius 1 is 1.23 bits per heavy atom. The zero-order valence-corrected chi connectivity index (χ0v) is 14.4. The van der Waals surface area contributed by atoms with Gasteiger partial charge in [-0.2, -0.15) is 0 Å². The van der Waals surface area contributed by atoms with Crippen LogP contribution in [-0.2, 0) is 0 Å². The average Bonchev–Trinajstić information content (AvgIpc) is 2.62. The number of benzene rings is 2. The Morgan fingerprint density at radius 2 is 1.92 bits per heavy atom. The van der Waals surface area contributed by atoms with E-state index in [0.29, 0.717) is 37.2 Å². The van der Waals surface area contributed by atoms with E-state index in [0.717, 1.165) is 11.6 Å². The van der Waals surface area contributed by atoms with Crippen LogP contribution in [0, 0.1) is 22.9 Å². The van der Waals surface area contributed by atoms with Crippen molar-refractivity contribution < 1.29 is 14.1 Å². The number of nitro groups is 1. The molecule has 1 N–H and O–H groups in total. The van der Waals surface area contributed by atoms with Gasteiger partial charge in [0.2, 0.25) is 0 Å². The molecule has 0 spiro atoms. The summed E-state index contributed by atoms with van der Waals surface area (Å²) in [5.74, 6) is -0.612. The lowest BCUT2D eigenvalue weighted by Crippen LogP contribution is -2.45. The predicted octanol–water partition coefficient (Wildman–Crippen LogP) is 3.44. The van der Waals surface area contributed by atoms with E-state index in [9.17, 15) is 19.3 Å². The normalized spacial score (nSPS) is 14.9. The van der Waals surface area contributed by atoms with Crippen molar-refractivity contribution in [1.82, 2.24) is 5.32 Å². The molecule has 1 heterocycles. The summed E-state index contributed by atoms with van der Waals surface area (Å²) in [4.78, 5) is 24.9. The van der Waals surface area contributed by atoms with Gasteiger partial charge in [-0.1, -0.05) is 18.2 Å². The van der Waals surface area contributed by atoms with Gasteiger partial charge in [0.1, 0.15) is 11.5 Å². The van der Waals surface area contributed by atoms with Crippen molar-refractivity contribution in [1.29, 1.82) is 0 Å². The van der Waals surface area contributed by atoms with Gasteiger partial charge in [-0.3, -0.25) is 14.9 Å². The maximum Gasteiger partial charge on any atom is 0.292 e. The molecule has 2 aromatic rings. The van der Waals surface area contributed by atoms with Gasteiger partial charge in [0, 0.05) is 36.8 Å². The number of anilines is 1. The van der Waals surface area contributed by atoms with Crippen LogP contribution >= 0.6 is 0 Å². The highest BCUT2D eigenvalue weighted by Gasteiger charge is 2.26. The van der Waals surface area contributed by atoms with Gasteiger partial charge in [-0.25, -0.2) is 4.39 Å². The van der Waals surface area contributed by atoms with Gasteiger partial charge in [0.05, 0.1) is 4.92 Å². The SMILES string of the molecule is Cc1ccccc1C(=O)NC1CCN(c2cc(F)ccc2[N+](=O)[O-])CC1. The smallest absolute Gasteiger partial charge is 0.292 e. The van der Waals surface area contributed by atoms with Crippen molar-refractivity contribution in [2.75, 3.05) is 18.0 Å². The first-order valence-corrected chi connectivity index (χ1v) is 8.51. The fraction of sp³-hybridized carbons (Fsp3) is 0.316. The third-order valence-electron chi connectivity index (χ3n) is 4.69. The van der Waals surface area contributed by atoms with Gasteiger partial charge in [-0.05, 0) is 37.5 Å². The molecule has 3 rings (SSSR count). The fourth-order valence-corrected chi connectivity index (χ4v) is 3.26. The van der Waals surface area contributed by atoms with Crippen LogP contribution in [0.2, 0.25) is 0 Å². The zero-order chi connectivity index (χ0) is 18.7. The van der Waals surface area contributed by atoms with Gasteiger partial charge in [0.15, 0.2) is 0 Å². The van der Waals surface area contributed by atoms with Crippen LogP contribution in [0.25, 0.3) is 0 Å². The molecule has 0 bridgehead atoms. The average molecular weight is 357 g/mol. The van der Waals surface area contributed by atoms with E-state index in [4.69, 9.17) is 0 Å². The Hall–Kier alpha value is -2.96. The van der Waals surface area contributed by atoms with E-state index in [1.165, 1.54) is 12.1 Å².